The first-order valence-corrected chi connectivity index (χ1v) is 16.0. The molecule has 0 saturated carbocycles. The molecule has 0 unspecified atom stereocenters. The second kappa shape index (κ2) is 12.8. The van der Waals surface area contributed by atoms with Gasteiger partial charge in [0.2, 0.25) is 5.91 Å². The van der Waals surface area contributed by atoms with Crippen LogP contribution in [0.2, 0.25) is 5.02 Å². The smallest absolute Gasteiger partial charge is 0.408 e. The van der Waals surface area contributed by atoms with Gasteiger partial charge in [0, 0.05) is 36.3 Å². The topological polar surface area (TPSA) is 144 Å². The van der Waals surface area contributed by atoms with E-state index in [1.807, 2.05) is 22.8 Å². The third kappa shape index (κ3) is 7.81. The lowest BCUT2D eigenvalue weighted by Crippen LogP contribution is -2.58. The number of thiazole rings is 1. The predicted octanol–water partition coefficient (Wildman–Crippen LogP) is 5.29. The molecule has 45 heavy (non-hydrogen) atoms. The zero-order valence-electron chi connectivity index (χ0n) is 26.0. The lowest BCUT2D eigenvalue weighted by Gasteiger charge is -2.34. The monoisotopic (exact) mass is 651 g/mol. The highest BCUT2D eigenvalue weighted by Crippen LogP contribution is 2.33. The molecule has 3 amide bonds. The van der Waals surface area contributed by atoms with Crippen molar-refractivity contribution in [3.8, 4) is 16.4 Å². The first kappa shape index (κ1) is 32.4. The summed E-state index contributed by atoms with van der Waals surface area (Å²) in [5, 5.41) is 6.89. The largest absolute Gasteiger partial charge is 0.444 e. The van der Waals surface area contributed by atoms with Crippen molar-refractivity contribution in [2.24, 2.45) is 5.73 Å². The zero-order valence-corrected chi connectivity index (χ0v) is 27.6. The first-order valence-electron chi connectivity index (χ1n) is 14.8. The van der Waals surface area contributed by atoms with E-state index in [0.717, 1.165) is 49.1 Å². The number of imidazole rings is 1. The number of benzene rings is 2. The molecule has 1 aliphatic rings. The molecule has 1 saturated heterocycles. The second-order valence-electron chi connectivity index (χ2n) is 12.8. The normalized spacial score (nSPS) is 14.8. The van der Waals surface area contributed by atoms with E-state index in [9.17, 15) is 14.4 Å². The van der Waals surface area contributed by atoms with Crippen molar-refractivity contribution < 1.29 is 19.1 Å². The maximum Gasteiger partial charge on any atom is 0.408 e. The number of halogens is 1. The molecule has 1 fully saturated rings. The van der Waals surface area contributed by atoms with E-state index in [-0.39, 0.29) is 11.9 Å². The molecule has 4 aromatic rings. The molecule has 3 heterocycles. The van der Waals surface area contributed by atoms with E-state index in [1.54, 1.807) is 53.1 Å². The molecule has 2 aromatic carbocycles. The molecule has 0 bridgehead atoms. The summed E-state index contributed by atoms with van der Waals surface area (Å²) in [5.74, 6) is -0.799. The first-order chi connectivity index (χ1) is 21.2. The number of alkyl carbamates (subject to hydrolysis) is 1. The van der Waals surface area contributed by atoms with Crippen LogP contribution in [0, 0.1) is 0 Å². The zero-order chi connectivity index (χ0) is 32.5. The Morgan fingerprint density at radius 1 is 1.09 bits per heavy atom. The Bertz CT molecular complexity index is 1730. The van der Waals surface area contributed by atoms with Crippen LogP contribution in [0.15, 0.2) is 48.8 Å². The molecule has 0 atom stereocenters. The number of rotatable bonds is 8. The number of ether oxygens (including phenoxy) is 1. The Kier molecular flexibility index (Phi) is 9.20. The fourth-order valence-corrected chi connectivity index (χ4v) is 6.30. The minimum absolute atomic E-state index is 0.00965. The van der Waals surface area contributed by atoms with E-state index < -0.39 is 23.1 Å². The van der Waals surface area contributed by atoms with E-state index >= 15 is 0 Å². The van der Waals surface area contributed by atoms with Crippen LogP contribution in [0.3, 0.4) is 0 Å². The van der Waals surface area contributed by atoms with E-state index in [2.05, 4.69) is 32.7 Å². The third-order valence-corrected chi connectivity index (χ3v) is 8.77. The van der Waals surface area contributed by atoms with Crippen LogP contribution < -0.4 is 16.4 Å². The number of primary amides is 1. The van der Waals surface area contributed by atoms with Crippen LogP contribution in [0.4, 0.5) is 4.79 Å². The van der Waals surface area contributed by atoms with Crippen molar-refractivity contribution in [3.63, 3.8) is 0 Å². The molecule has 2 aromatic heterocycles. The van der Waals surface area contributed by atoms with Crippen LogP contribution in [-0.4, -0.2) is 67.6 Å². The average Bonchev–Trinajstić information content (AvgIpc) is 3.57. The summed E-state index contributed by atoms with van der Waals surface area (Å²) in [6, 6.07) is 13.3. The minimum Gasteiger partial charge on any atom is -0.444 e. The second-order valence-corrected chi connectivity index (χ2v) is 14.2. The number of aromatic nitrogens is 3. The highest BCUT2D eigenvalue weighted by atomic mass is 35.5. The quantitative estimate of drug-likeness (QED) is 0.235. The van der Waals surface area contributed by atoms with Crippen molar-refractivity contribution in [2.75, 3.05) is 13.1 Å². The van der Waals surface area contributed by atoms with Gasteiger partial charge < -0.3 is 21.1 Å². The molecule has 5 rings (SSSR count). The van der Waals surface area contributed by atoms with Gasteiger partial charge in [-0.1, -0.05) is 41.1 Å². The maximum absolute atomic E-state index is 13.0. The number of piperidine rings is 1. The van der Waals surface area contributed by atoms with Gasteiger partial charge in [0.25, 0.3) is 5.91 Å². The molecule has 238 valence electrons. The van der Waals surface area contributed by atoms with Crippen LogP contribution in [0.5, 0.6) is 0 Å². The van der Waals surface area contributed by atoms with Crippen LogP contribution >= 0.6 is 22.9 Å². The van der Waals surface area contributed by atoms with Crippen LogP contribution in [0.25, 0.3) is 27.4 Å². The molecule has 0 aliphatic carbocycles. The van der Waals surface area contributed by atoms with E-state index in [4.69, 9.17) is 27.1 Å². The Morgan fingerprint density at radius 3 is 2.49 bits per heavy atom. The Balaban J connectivity index is 1.24. The van der Waals surface area contributed by atoms with Crippen LogP contribution in [-0.2, 0) is 16.1 Å². The number of hydrogen-bond donors (Lipinski definition) is 3. The van der Waals surface area contributed by atoms with Gasteiger partial charge in [-0.05, 0) is 77.3 Å². The minimum atomic E-state index is -1.11. The SMILES string of the molecule is CC(C)(C)OC(=O)NC(C)(C)C(=O)NC1CCN(Cc2ccc3ncn(-c4nc(-c5cccc(Cl)c5)c(C(N)=O)s4)c3c2)CC1. The number of nitrogens with one attached hydrogen (secondary N) is 2. The Labute approximate surface area is 271 Å². The van der Waals surface area contributed by atoms with Crippen molar-refractivity contribution >= 4 is 51.9 Å². The average molecular weight is 652 g/mol. The number of nitrogens with zero attached hydrogens (tertiary/aromatic N) is 4. The number of amides is 3. The molecule has 11 nitrogen and oxygen atoms in total. The molecule has 0 radical (unpaired) electrons. The maximum atomic E-state index is 13.0. The van der Waals surface area contributed by atoms with Gasteiger partial charge in [-0.15, -0.1) is 0 Å². The molecule has 0 spiro atoms. The molecule has 1 aliphatic heterocycles. The van der Waals surface area contributed by atoms with E-state index in [0.29, 0.717) is 26.3 Å². The Morgan fingerprint density at radius 2 is 1.82 bits per heavy atom. The highest BCUT2D eigenvalue weighted by Gasteiger charge is 2.33. The standard InChI is InChI=1S/C32H38ClN7O4S/c1-31(2,3)44-30(43)38-32(4,5)28(42)36-22-11-13-39(14-12-22)17-19-9-10-23-24(15-19)40(18-35-23)29-37-25(26(45-29)27(34)41)20-7-6-8-21(33)16-20/h6-10,15-16,18,22H,11-14,17H2,1-5H3,(H2,34,41)(H,36,42)(H,38,43). The summed E-state index contributed by atoms with van der Waals surface area (Å²) < 4.78 is 7.18. The number of nitrogens with two attached hydrogens (primary N) is 1. The van der Waals surface area contributed by atoms with Gasteiger partial charge in [-0.2, -0.15) is 0 Å². The lowest BCUT2D eigenvalue weighted by molar-refractivity contribution is -0.127. The van der Waals surface area contributed by atoms with Gasteiger partial charge in [-0.3, -0.25) is 19.1 Å². The van der Waals surface area contributed by atoms with Gasteiger partial charge in [0.1, 0.15) is 22.3 Å². The molecule has 13 heteroatoms. The summed E-state index contributed by atoms with van der Waals surface area (Å²) >= 11 is 7.41. The van der Waals surface area contributed by atoms with Crippen LogP contribution in [0.1, 0.15) is 62.7 Å². The lowest BCUT2D eigenvalue weighted by atomic mass is 10.00. The number of fused-ring (bicyclic) bond motifs is 1. The molecular weight excluding hydrogens is 614 g/mol. The Hall–Kier alpha value is -4.00. The highest BCUT2D eigenvalue weighted by molar-refractivity contribution is 7.16. The summed E-state index contributed by atoms with van der Waals surface area (Å²) in [5.41, 5.74) is 7.95. The number of carbonyl (C=O) groups excluding carboxylic acids is 3. The number of likely N-dealkylation sites (tertiary alicyclic amines) is 1. The summed E-state index contributed by atoms with van der Waals surface area (Å²) in [6.07, 6.45) is 2.65. The van der Waals surface area contributed by atoms with Gasteiger partial charge >= 0.3 is 6.09 Å². The third-order valence-electron chi connectivity index (χ3n) is 7.47. The van der Waals surface area contributed by atoms with Gasteiger partial charge in [0.05, 0.1) is 16.7 Å². The van der Waals surface area contributed by atoms with Crippen molar-refractivity contribution in [1.82, 2.24) is 30.1 Å². The summed E-state index contributed by atoms with van der Waals surface area (Å²) in [7, 11) is 0. The molecule has 4 N–H and O–H groups in total. The number of hydrogen-bond acceptors (Lipinski definition) is 8. The predicted molar refractivity (Wildman–Crippen MR) is 176 cm³/mol. The van der Waals surface area contributed by atoms with E-state index in [1.165, 1.54) is 11.3 Å². The summed E-state index contributed by atoms with van der Waals surface area (Å²) in [6.45, 7) is 11.0. The van der Waals surface area contributed by atoms with Crippen molar-refractivity contribution in [1.29, 1.82) is 0 Å². The summed E-state index contributed by atoms with van der Waals surface area (Å²) in [4.78, 5) is 49.5. The van der Waals surface area contributed by atoms with Crippen molar-refractivity contribution in [2.45, 2.75) is 71.2 Å². The fraction of sp³-hybridized carbons (Fsp3) is 0.406. The molecular formula is C32H38ClN7O4S. The van der Waals surface area contributed by atoms with Crippen molar-refractivity contribution in [3.05, 3.63) is 64.3 Å². The van der Waals surface area contributed by atoms with Gasteiger partial charge in [-0.25, -0.2) is 14.8 Å². The van der Waals surface area contributed by atoms with Gasteiger partial charge in [0.15, 0.2) is 5.13 Å². The number of carbonyl (C=O) groups is 3. The fourth-order valence-electron chi connectivity index (χ4n) is 5.19.